The number of aromatic nitrogens is 2. The maximum Gasteiger partial charge on any atom is 0.152 e. The SMILES string of the molecule is c1ccc2c(c1)Oc1ccc(-n3c4ccccc4c4ccccc43)c3c4ccccc4n-2c13. The van der Waals surface area contributed by atoms with Crippen LogP contribution in [0.4, 0.5) is 0 Å². The molecule has 5 aromatic carbocycles. The predicted molar refractivity (Wildman–Crippen MR) is 135 cm³/mol. The molecule has 3 heterocycles. The molecule has 0 radical (unpaired) electrons. The van der Waals surface area contributed by atoms with Crippen LogP contribution in [-0.4, -0.2) is 9.13 Å². The summed E-state index contributed by atoms with van der Waals surface area (Å²) < 4.78 is 11.2. The summed E-state index contributed by atoms with van der Waals surface area (Å²) in [6.45, 7) is 0. The van der Waals surface area contributed by atoms with Gasteiger partial charge < -0.3 is 13.9 Å². The van der Waals surface area contributed by atoms with Crippen LogP contribution < -0.4 is 4.74 Å². The zero-order chi connectivity index (χ0) is 21.5. The van der Waals surface area contributed by atoms with Gasteiger partial charge in [0.1, 0.15) is 0 Å². The van der Waals surface area contributed by atoms with Crippen molar-refractivity contribution in [1.82, 2.24) is 9.13 Å². The molecule has 0 unspecified atom stereocenters. The first-order chi connectivity index (χ1) is 16.4. The van der Waals surface area contributed by atoms with Crippen LogP contribution in [0.3, 0.4) is 0 Å². The molecule has 1 aliphatic rings. The van der Waals surface area contributed by atoms with Gasteiger partial charge in [0.15, 0.2) is 11.5 Å². The predicted octanol–water partition coefficient (Wildman–Crippen LogP) is 7.99. The van der Waals surface area contributed by atoms with E-state index in [1.165, 1.54) is 43.8 Å². The molecule has 154 valence electrons. The lowest BCUT2D eigenvalue weighted by atomic mass is 10.1. The fraction of sp³-hybridized carbons (Fsp3) is 0. The lowest BCUT2D eigenvalue weighted by Gasteiger charge is -2.21. The maximum absolute atomic E-state index is 6.40. The Labute approximate surface area is 189 Å². The highest BCUT2D eigenvalue weighted by molar-refractivity contribution is 6.18. The standard InChI is InChI=1S/C30H18N2O/c1-4-12-22-19(9-1)20-10-2-5-13-23(20)31(22)26-17-18-28-30-29(26)21-11-3-6-14-24(21)32(30)25-15-7-8-16-27(25)33-28/h1-18H. The largest absolute Gasteiger partial charge is 0.453 e. The van der Waals surface area contributed by atoms with Crippen molar-refractivity contribution in [3.63, 3.8) is 0 Å². The van der Waals surface area contributed by atoms with Crippen molar-refractivity contribution >= 4 is 43.6 Å². The van der Waals surface area contributed by atoms with Crippen molar-refractivity contribution in [3.05, 3.63) is 109 Å². The van der Waals surface area contributed by atoms with Gasteiger partial charge in [-0.3, -0.25) is 0 Å². The molecule has 0 amide bonds. The van der Waals surface area contributed by atoms with Gasteiger partial charge in [0.05, 0.1) is 33.4 Å². The molecule has 0 fully saturated rings. The smallest absolute Gasteiger partial charge is 0.152 e. The van der Waals surface area contributed by atoms with E-state index in [0.29, 0.717) is 0 Å². The summed E-state index contributed by atoms with van der Waals surface area (Å²) in [6.07, 6.45) is 0. The van der Waals surface area contributed by atoms with Crippen molar-refractivity contribution in [1.29, 1.82) is 0 Å². The van der Waals surface area contributed by atoms with Gasteiger partial charge >= 0.3 is 0 Å². The number of benzene rings is 5. The van der Waals surface area contributed by atoms with Crippen molar-refractivity contribution in [2.24, 2.45) is 0 Å². The molecule has 3 nitrogen and oxygen atoms in total. The van der Waals surface area contributed by atoms with Gasteiger partial charge in [-0.15, -0.1) is 0 Å². The number of fused-ring (bicyclic) bond motifs is 8. The molecule has 0 bridgehead atoms. The summed E-state index contributed by atoms with van der Waals surface area (Å²) in [5.41, 5.74) is 6.98. The summed E-state index contributed by atoms with van der Waals surface area (Å²) in [6, 6.07) is 38.6. The van der Waals surface area contributed by atoms with Crippen LogP contribution in [0.1, 0.15) is 0 Å². The monoisotopic (exact) mass is 422 g/mol. The molecule has 7 aromatic rings. The van der Waals surface area contributed by atoms with E-state index in [-0.39, 0.29) is 0 Å². The molecule has 8 rings (SSSR count). The highest BCUT2D eigenvalue weighted by Gasteiger charge is 2.26. The number of rotatable bonds is 1. The molecule has 3 heteroatoms. The average molecular weight is 422 g/mol. The molecule has 0 atom stereocenters. The number of para-hydroxylation sites is 5. The molecule has 0 aliphatic carbocycles. The first-order valence-corrected chi connectivity index (χ1v) is 11.2. The third-order valence-electron chi connectivity index (χ3n) is 6.90. The zero-order valence-corrected chi connectivity index (χ0v) is 17.7. The van der Waals surface area contributed by atoms with Crippen LogP contribution in [-0.2, 0) is 0 Å². The van der Waals surface area contributed by atoms with E-state index in [1.807, 2.05) is 12.1 Å². The minimum absolute atomic E-state index is 0.886. The number of hydrogen-bond donors (Lipinski definition) is 0. The van der Waals surface area contributed by atoms with Gasteiger partial charge in [0.2, 0.25) is 0 Å². The molecule has 0 spiro atoms. The van der Waals surface area contributed by atoms with Crippen molar-refractivity contribution in [3.8, 4) is 22.9 Å². The quantitative estimate of drug-likeness (QED) is 0.262. The van der Waals surface area contributed by atoms with Crippen LogP contribution >= 0.6 is 0 Å². The minimum atomic E-state index is 0.886. The maximum atomic E-state index is 6.40. The lowest BCUT2D eigenvalue weighted by Crippen LogP contribution is -2.04. The Balaban J connectivity index is 1.62. The third-order valence-corrected chi connectivity index (χ3v) is 6.90. The molecule has 33 heavy (non-hydrogen) atoms. The van der Waals surface area contributed by atoms with Crippen molar-refractivity contribution in [2.75, 3.05) is 0 Å². The van der Waals surface area contributed by atoms with Gasteiger partial charge in [0, 0.05) is 21.5 Å². The summed E-state index contributed by atoms with van der Waals surface area (Å²) in [4.78, 5) is 0. The van der Waals surface area contributed by atoms with Gasteiger partial charge in [0.25, 0.3) is 0 Å². The molecule has 2 aromatic heterocycles. The summed E-state index contributed by atoms with van der Waals surface area (Å²) >= 11 is 0. The van der Waals surface area contributed by atoms with E-state index in [1.54, 1.807) is 0 Å². The zero-order valence-electron chi connectivity index (χ0n) is 17.7. The van der Waals surface area contributed by atoms with Gasteiger partial charge in [-0.2, -0.15) is 0 Å². The Bertz CT molecular complexity index is 1850. The molecular formula is C30H18N2O. The minimum Gasteiger partial charge on any atom is -0.453 e. The second-order valence-electron chi connectivity index (χ2n) is 8.60. The van der Waals surface area contributed by atoms with Crippen LogP contribution in [0.25, 0.3) is 55.0 Å². The summed E-state index contributed by atoms with van der Waals surface area (Å²) in [7, 11) is 0. The second-order valence-corrected chi connectivity index (χ2v) is 8.60. The highest BCUT2D eigenvalue weighted by atomic mass is 16.5. The summed E-state index contributed by atoms with van der Waals surface area (Å²) in [5, 5.41) is 4.97. The first kappa shape index (κ1) is 17.1. The Morgan fingerprint density at radius 1 is 0.424 bits per heavy atom. The highest BCUT2D eigenvalue weighted by Crippen LogP contribution is 2.48. The van der Waals surface area contributed by atoms with E-state index in [4.69, 9.17) is 4.74 Å². The van der Waals surface area contributed by atoms with Crippen LogP contribution in [0.15, 0.2) is 109 Å². The lowest BCUT2D eigenvalue weighted by molar-refractivity contribution is 0.476. The number of ether oxygens (including phenoxy) is 1. The van der Waals surface area contributed by atoms with Gasteiger partial charge in [-0.25, -0.2) is 0 Å². The second kappa shape index (κ2) is 6.05. The van der Waals surface area contributed by atoms with E-state index < -0.39 is 0 Å². The van der Waals surface area contributed by atoms with Crippen LogP contribution in [0.2, 0.25) is 0 Å². The number of hydrogen-bond acceptors (Lipinski definition) is 1. The van der Waals surface area contributed by atoms with E-state index >= 15 is 0 Å². The Morgan fingerprint density at radius 3 is 1.73 bits per heavy atom. The fourth-order valence-electron chi connectivity index (χ4n) is 5.60. The Hall–Kier alpha value is -4.50. The van der Waals surface area contributed by atoms with Gasteiger partial charge in [-0.1, -0.05) is 66.7 Å². The average Bonchev–Trinajstić information content (AvgIpc) is 3.40. The Morgan fingerprint density at radius 2 is 1.00 bits per heavy atom. The Kier molecular flexibility index (Phi) is 3.14. The van der Waals surface area contributed by atoms with E-state index in [2.05, 4.69) is 106 Å². The number of nitrogens with zero attached hydrogens (tertiary/aromatic N) is 2. The van der Waals surface area contributed by atoms with E-state index in [0.717, 1.165) is 22.7 Å². The van der Waals surface area contributed by atoms with Crippen LogP contribution in [0.5, 0.6) is 11.5 Å². The molecular weight excluding hydrogens is 404 g/mol. The topological polar surface area (TPSA) is 19.1 Å². The third kappa shape index (κ3) is 2.09. The molecule has 0 saturated heterocycles. The fourth-order valence-corrected chi connectivity index (χ4v) is 5.60. The normalized spacial score (nSPS) is 12.5. The molecule has 0 N–H and O–H groups in total. The summed E-state index contributed by atoms with van der Waals surface area (Å²) in [5.74, 6) is 1.78. The van der Waals surface area contributed by atoms with Crippen molar-refractivity contribution in [2.45, 2.75) is 0 Å². The van der Waals surface area contributed by atoms with E-state index in [9.17, 15) is 0 Å². The molecule has 1 aliphatic heterocycles. The van der Waals surface area contributed by atoms with Crippen LogP contribution in [0, 0.1) is 0 Å². The molecule has 0 saturated carbocycles. The first-order valence-electron chi connectivity index (χ1n) is 11.2. The van der Waals surface area contributed by atoms with Crippen molar-refractivity contribution < 1.29 is 4.74 Å². The van der Waals surface area contributed by atoms with Gasteiger partial charge in [-0.05, 0) is 42.5 Å².